The largest absolute Gasteiger partial charge is 0.314 e. The molecule has 0 radical (unpaired) electrons. The molecule has 122 valence electrons. The Kier molecular flexibility index (Phi) is 6.58. The van der Waals surface area contributed by atoms with Gasteiger partial charge in [-0.25, -0.2) is 0 Å². The second kappa shape index (κ2) is 8.21. The molecule has 1 nitrogen and oxygen atoms in total. The van der Waals surface area contributed by atoms with Crippen LogP contribution in [0.25, 0.3) is 0 Å². The van der Waals surface area contributed by atoms with E-state index >= 15 is 0 Å². The van der Waals surface area contributed by atoms with E-state index in [2.05, 4.69) is 69.4 Å². The van der Waals surface area contributed by atoms with E-state index < -0.39 is 0 Å². The van der Waals surface area contributed by atoms with Gasteiger partial charge in [-0.1, -0.05) is 57.5 Å². The molecule has 0 saturated carbocycles. The van der Waals surface area contributed by atoms with Crippen molar-refractivity contribution in [2.45, 2.75) is 69.6 Å². The van der Waals surface area contributed by atoms with Crippen LogP contribution in [0.1, 0.15) is 53.4 Å². The number of hydrogen-bond donors (Lipinski definition) is 1. The lowest BCUT2D eigenvalue weighted by Gasteiger charge is -2.37. The van der Waals surface area contributed by atoms with Crippen LogP contribution < -0.4 is 5.32 Å². The number of nitrogens with one attached hydrogen (secondary N) is 1. The Hall–Kier alpha value is -0.730. The fourth-order valence-corrected chi connectivity index (χ4v) is 4.39. The van der Waals surface area contributed by atoms with Gasteiger partial charge in [-0.15, -0.1) is 11.8 Å². The van der Waals surface area contributed by atoms with Crippen LogP contribution in [0.5, 0.6) is 0 Å². The first kappa shape index (κ1) is 17.6. The smallest absolute Gasteiger partial charge is 0.0367 e. The van der Waals surface area contributed by atoms with Crippen LogP contribution >= 0.6 is 11.8 Å². The van der Waals surface area contributed by atoms with E-state index in [1.165, 1.54) is 30.6 Å². The molecule has 0 aromatic heterocycles. The van der Waals surface area contributed by atoms with Gasteiger partial charge in [-0.05, 0) is 43.2 Å². The summed E-state index contributed by atoms with van der Waals surface area (Å²) in [6.07, 6.45) is 7.76. The molecule has 1 aliphatic rings. The fourth-order valence-electron chi connectivity index (χ4n) is 3.03. The van der Waals surface area contributed by atoms with Crippen molar-refractivity contribution in [2.24, 2.45) is 5.41 Å². The molecule has 2 rings (SSSR count). The standard InChI is InChI=1S/C20H31NS/c1-16(2)21-15-20(3,4)19(17-11-7-5-8-12-17)22-18-13-9-6-10-14-18/h6,9-11,13-14,16,19,21H,5,7-8,12,15H2,1-4H3. The van der Waals surface area contributed by atoms with Gasteiger partial charge in [0.15, 0.2) is 0 Å². The minimum absolute atomic E-state index is 0.244. The van der Waals surface area contributed by atoms with Crippen molar-refractivity contribution in [1.82, 2.24) is 5.32 Å². The van der Waals surface area contributed by atoms with Gasteiger partial charge in [0.25, 0.3) is 0 Å². The minimum atomic E-state index is 0.244. The zero-order chi connectivity index (χ0) is 16.0. The molecule has 1 aromatic carbocycles. The summed E-state index contributed by atoms with van der Waals surface area (Å²) in [5.41, 5.74) is 1.91. The third-order valence-electron chi connectivity index (χ3n) is 4.34. The van der Waals surface area contributed by atoms with Crippen LogP contribution in [0.2, 0.25) is 0 Å². The summed E-state index contributed by atoms with van der Waals surface area (Å²) in [6, 6.07) is 11.4. The van der Waals surface area contributed by atoms with E-state index in [1.54, 1.807) is 5.57 Å². The first-order chi connectivity index (χ1) is 10.5. The summed E-state index contributed by atoms with van der Waals surface area (Å²) in [6.45, 7) is 10.4. The highest BCUT2D eigenvalue weighted by Crippen LogP contribution is 2.42. The summed E-state index contributed by atoms with van der Waals surface area (Å²) >= 11 is 2.05. The molecule has 0 heterocycles. The van der Waals surface area contributed by atoms with Gasteiger partial charge < -0.3 is 5.32 Å². The first-order valence-corrected chi connectivity index (χ1v) is 9.51. The minimum Gasteiger partial charge on any atom is -0.314 e. The highest BCUT2D eigenvalue weighted by molar-refractivity contribution is 8.00. The van der Waals surface area contributed by atoms with Gasteiger partial charge >= 0.3 is 0 Å². The average Bonchev–Trinajstić information content (AvgIpc) is 2.52. The third-order valence-corrected chi connectivity index (χ3v) is 6.06. The Bertz CT molecular complexity index is 476. The molecule has 22 heavy (non-hydrogen) atoms. The molecular weight excluding hydrogens is 286 g/mol. The molecule has 0 amide bonds. The molecule has 2 heteroatoms. The monoisotopic (exact) mass is 317 g/mol. The lowest BCUT2D eigenvalue weighted by atomic mass is 9.81. The Balaban J connectivity index is 2.18. The van der Waals surface area contributed by atoms with E-state index in [9.17, 15) is 0 Å². The van der Waals surface area contributed by atoms with Crippen LogP contribution in [-0.2, 0) is 0 Å². The topological polar surface area (TPSA) is 12.0 Å². The highest BCUT2D eigenvalue weighted by atomic mass is 32.2. The van der Waals surface area contributed by atoms with Crippen LogP contribution in [-0.4, -0.2) is 17.8 Å². The number of thioether (sulfide) groups is 1. The SMILES string of the molecule is CC(C)NCC(C)(C)C(Sc1ccccc1)C1=CCCCC1. The van der Waals surface area contributed by atoms with Crippen LogP contribution in [0.4, 0.5) is 0 Å². The summed E-state index contributed by atoms with van der Waals surface area (Å²) in [7, 11) is 0. The van der Waals surface area contributed by atoms with Crippen molar-refractivity contribution in [3.8, 4) is 0 Å². The maximum absolute atomic E-state index is 3.65. The Morgan fingerprint density at radius 2 is 1.86 bits per heavy atom. The second-order valence-electron chi connectivity index (χ2n) is 7.36. The summed E-state index contributed by atoms with van der Waals surface area (Å²) < 4.78 is 0. The predicted octanol–water partition coefficient (Wildman–Crippen LogP) is 5.67. The lowest BCUT2D eigenvalue weighted by Crippen LogP contribution is -2.41. The van der Waals surface area contributed by atoms with E-state index in [1.807, 2.05) is 11.8 Å². The Morgan fingerprint density at radius 3 is 2.45 bits per heavy atom. The second-order valence-corrected chi connectivity index (χ2v) is 8.54. The molecule has 0 spiro atoms. The molecule has 1 aliphatic carbocycles. The van der Waals surface area contributed by atoms with Crippen molar-refractivity contribution in [3.05, 3.63) is 42.0 Å². The molecule has 0 saturated heterocycles. The van der Waals surface area contributed by atoms with Crippen LogP contribution in [0.15, 0.2) is 46.9 Å². The summed E-state index contributed by atoms with van der Waals surface area (Å²) in [4.78, 5) is 1.39. The van der Waals surface area contributed by atoms with E-state index in [4.69, 9.17) is 0 Å². The van der Waals surface area contributed by atoms with Gasteiger partial charge in [-0.3, -0.25) is 0 Å². The van der Waals surface area contributed by atoms with Crippen molar-refractivity contribution < 1.29 is 0 Å². The molecule has 1 N–H and O–H groups in total. The maximum Gasteiger partial charge on any atom is 0.0367 e. The van der Waals surface area contributed by atoms with Crippen molar-refractivity contribution >= 4 is 11.8 Å². The Labute approximate surface area is 141 Å². The lowest BCUT2D eigenvalue weighted by molar-refractivity contribution is 0.329. The zero-order valence-electron chi connectivity index (χ0n) is 14.6. The Morgan fingerprint density at radius 1 is 1.14 bits per heavy atom. The van der Waals surface area contributed by atoms with Gasteiger partial charge in [0, 0.05) is 22.7 Å². The molecule has 0 aliphatic heterocycles. The molecule has 0 bridgehead atoms. The van der Waals surface area contributed by atoms with Crippen LogP contribution in [0.3, 0.4) is 0 Å². The highest BCUT2D eigenvalue weighted by Gasteiger charge is 2.33. The van der Waals surface area contributed by atoms with E-state index in [0.717, 1.165) is 6.54 Å². The molecule has 1 unspecified atom stereocenters. The van der Waals surface area contributed by atoms with Crippen molar-refractivity contribution in [2.75, 3.05) is 6.54 Å². The third kappa shape index (κ3) is 5.17. The van der Waals surface area contributed by atoms with E-state index in [0.29, 0.717) is 11.3 Å². The van der Waals surface area contributed by atoms with Gasteiger partial charge in [0.1, 0.15) is 0 Å². The average molecular weight is 318 g/mol. The molecular formula is C20H31NS. The molecule has 1 atom stereocenters. The zero-order valence-corrected chi connectivity index (χ0v) is 15.4. The maximum atomic E-state index is 3.65. The van der Waals surface area contributed by atoms with Crippen molar-refractivity contribution in [1.29, 1.82) is 0 Å². The number of allylic oxidation sites excluding steroid dienone is 1. The van der Waals surface area contributed by atoms with Crippen molar-refractivity contribution in [3.63, 3.8) is 0 Å². The number of hydrogen-bond acceptors (Lipinski definition) is 2. The normalized spacial score (nSPS) is 17.4. The van der Waals surface area contributed by atoms with Gasteiger partial charge in [0.05, 0.1) is 0 Å². The summed E-state index contributed by atoms with van der Waals surface area (Å²) in [5, 5.41) is 4.21. The predicted molar refractivity (Wildman–Crippen MR) is 99.6 cm³/mol. The van der Waals surface area contributed by atoms with Gasteiger partial charge in [-0.2, -0.15) is 0 Å². The molecule has 1 aromatic rings. The first-order valence-electron chi connectivity index (χ1n) is 8.63. The summed E-state index contributed by atoms with van der Waals surface area (Å²) in [5.74, 6) is 0. The number of rotatable bonds is 7. The van der Waals surface area contributed by atoms with Crippen LogP contribution in [0, 0.1) is 5.41 Å². The van der Waals surface area contributed by atoms with E-state index in [-0.39, 0.29) is 5.41 Å². The van der Waals surface area contributed by atoms with Gasteiger partial charge in [0.2, 0.25) is 0 Å². The molecule has 0 fully saturated rings. The fraction of sp³-hybridized carbons (Fsp3) is 0.600. The quantitative estimate of drug-likeness (QED) is 0.513. The number of benzene rings is 1.